The van der Waals surface area contributed by atoms with Crippen LogP contribution in [0.2, 0.25) is 0 Å². The zero-order chi connectivity index (χ0) is 13.0. The number of nitrogens with two attached hydrogens (primary N) is 1. The van der Waals surface area contributed by atoms with Gasteiger partial charge in [0.1, 0.15) is 0 Å². The molecule has 0 spiro atoms. The average Bonchev–Trinajstić information content (AvgIpc) is 2.85. The number of rotatable bonds is 4. The van der Waals surface area contributed by atoms with Crippen LogP contribution in [0, 0.1) is 0 Å². The molecule has 1 aromatic heterocycles. The summed E-state index contributed by atoms with van der Waals surface area (Å²) in [7, 11) is 0. The Bertz CT molecular complexity index is 542. The van der Waals surface area contributed by atoms with E-state index in [-0.39, 0.29) is 5.91 Å². The Labute approximate surface area is 117 Å². The molecular weight excluding hydrogens is 314 g/mol. The minimum Gasteiger partial charge on any atom is -0.398 e. The average molecular weight is 326 g/mol. The smallest absolute Gasteiger partial charge is 0.251 e. The van der Waals surface area contributed by atoms with Gasteiger partial charge in [-0.2, -0.15) is 0 Å². The monoisotopic (exact) mass is 325 g/mol. The molecule has 0 aliphatic heterocycles. The first-order valence-corrected chi connectivity index (χ1v) is 7.10. The second kappa shape index (κ2) is 5.97. The Kier molecular flexibility index (Phi) is 4.33. The molecule has 0 radical (unpaired) electrons. The van der Waals surface area contributed by atoms with Crippen molar-refractivity contribution in [2.45, 2.75) is 6.42 Å². The van der Waals surface area contributed by atoms with Crippen molar-refractivity contribution in [1.82, 2.24) is 10.3 Å². The van der Waals surface area contributed by atoms with Crippen LogP contribution in [0.3, 0.4) is 0 Å². The number of carbonyl (C=O) groups excluding carboxylic acids is 1. The summed E-state index contributed by atoms with van der Waals surface area (Å²) < 4.78 is 0.731. The molecule has 0 atom stereocenters. The van der Waals surface area contributed by atoms with Gasteiger partial charge in [-0.05, 0) is 34.1 Å². The van der Waals surface area contributed by atoms with Crippen molar-refractivity contribution >= 4 is 38.9 Å². The highest BCUT2D eigenvalue weighted by atomic mass is 79.9. The summed E-state index contributed by atoms with van der Waals surface area (Å²) in [5, 5.41) is 4.83. The van der Waals surface area contributed by atoms with Crippen molar-refractivity contribution in [3.05, 3.63) is 44.8 Å². The quantitative estimate of drug-likeness (QED) is 0.848. The number of aromatic nitrogens is 1. The van der Waals surface area contributed by atoms with Gasteiger partial charge >= 0.3 is 0 Å². The van der Waals surface area contributed by atoms with E-state index in [1.165, 1.54) is 0 Å². The highest BCUT2D eigenvalue weighted by Gasteiger charge is 2.07. The number of carbonyl (C=O) groups is 1. The van der Waals surface area contributed by atoms with E-state index in [1.54, 1.807) is 35.0 Å². The van der Waals surface area contributed by atoms with Crippen LogP contribution in [-0.4, -0.2) is 17.4 Å². The van der Waals surface area contributed by atoms with Gasteiger partial charge in [0.15, 0.2) is 0 Å². The molecular formula is C12H12BrN3OS. The first-order chi connectivity index (χ1) is 8.66. The van der Waals surface area contributed by atoms with Gasteiger partial charge in [0, 0.05) is 34.1 Å². The van der Waals surface area contributed by atoms with Crippen LogP contribution >= 0.6 is 27.3 Å². The van der Waals surface area contributed by atoms with Crippen molar-refractivity contribution < 1.29 is 4.79 Å². The van der Waals surface area contributed by atoms with Gasteiger partial charge < -0.3 is 11.1 Å². The third-order valence-electron chi connectivity index (χ3n) is 2.41. The number of anilines is 1. The topological polar surface area (TPSA) is 68.0 Å². The van der Waals surface area contributed by atoms with Gasteiger partial charge in [0.2, 0.25) is 0 Å². The summed E-state index contributed by atoms with van der Waals surface area (Å²) in [5.41, 5.74) is 9.66. The zero-order valence-corrected chi connectivity index (χ0v) is 11.9. The first kappa shape index (κ1) is 13.0. The number of nitrogens with one attached hydrogen (secondary N) is 1. The number of amides is 1. The summed E-state index contributed by atoms with van der Waals surface area (Å²) in [6.45, 7) is 0.574. The molecule has 0 aliphatic rings. The van der Waals surface area contributed by atoms with Gasteiger partial charge in [-0.1, -0.05) is 0 Å². The molecule has 0 fully saturated rings. The van der Waals surface area contributed by atoms with Gasteiger partial charge in [-0.15, -0.1) is 11.3 Å². The molecule has 6 heteroatoms. The molecule has 0 aliphatic carbocycles. The van der Waals surface area contributed by atoms with E-state index < -0.39 is 0 Å². The normalized spacial score (nSPS) is 10.3. The number of hydrogen-bond donors (Lipinski definition) is 2. The van der Waals surface area contributed by atoms with Crippen molar-refractivity contribution in [3.8, 4) is 0 Å². The lowest BCUT2D eigenvalue weighted by molar-refractivity contribution is 0.0954. The summed E-state index contributed by atoms with van der Waals surface area (Å²) in [6, 6.07) is 5.13. The molecule has 1 aromatic carbocycles. The van der Waals surface area contributed by atoms with E-state index in [0.29, 0.717) is 17.8 Å². The number of hydrogen-bond acceptors (Lipinski definition) is 4. The minimum absolute atomic E-state index is 0.106. The number of nitrogens with zero attached hydrogens (tertiary/aromatic N) is 1. The van der Waals surface area contributed by atoms with Crippen LogP contribution in [0.4, 0.5) is 5.69 Å². The van der Waals surface area contributed by atoms with Crippen LogP contribution in [-0.2, 0) is 6.42 Å². The first-order valence-electron chi connectivity index (χ1n) is 5.37. The molecule has 94 valence electrons. The zero-order valence-electron chi connectivity index (χ0n) is 9.52. The molecule has 1 heterocycles. The molecule has 3 N–H and O–H groups in total. The molecule has 4 nitrogen and oxygen atoms in total. The van der Waals surface area contributed by atoms with E-state index in [0.717, 1.165) is 16.6 Å². The van der Waals surface area contributed by atoms with Crippen LogP contribution in [0.1, 0.15) is 16.1 Å². The van der Waals surface area contributed by atoms with Gasteiger partial charge in [-0.3, -0.25) is 4.79 Å². The van der Waals surface area contributed by atoms with Gasteiger partial charge in [0.05, 0.1) is 11.2 Å². The van der Waals surface area contributed by atoms with E-state index in [9.17, 15) is 4.79 Å². The number of halogens is 1. The molecule has 0 unspecified atom stereocenters. The maximum absolute atomic E-state index is 11.8. The Hall–Kier alpha value is -1.40. The number of benzene rings is 1. The predicted molar refractivity (Wildman–Crippen MR) is 76.7 cm³/mol. The summed E-state index contributed by atoms with van der Waals surface area (Å²) in [6.07, 6.45) is 0.741. The Morgan fingerprint density at radius 2 is 2.33 bits per heavy atom. The number of nitrogen functional groups attached to an aromatic ring is 1. The molecule has 0 bridgehead atoms. The molecule has 18 heavy (non-hydrogen) atoms. The van der Waals surface area contributed by atoms with Crippen molar-refractivity contribution in [2.24, 2.45) is 0 Å². The summed E-state index contributed by atoms with van der Waals surface area (Å²) >= 11 is 4.85. The second-order valence-corrected chi connectivity index (χ2v) is 5.29. The standard InChI is InChI=1S/C12H12BrN3OS/c13-10-5-8(1-2-11(10)14)12(17)15-4-3-9-6-18-7-16-9/h1-2,5-7H,3-4,14H2,(H,15,17). The molecule has 2 aromatic rings. The maximum atomic E-state index is 11.8. The highest BCUT2D eigenvalue weighted by molar-refractivity contribution is 9.10. The molecule has 2 rings (SSSR count). The predicted octanol–water partition coefficient (Wildman–Crippen LogP) is 2.46. The fourth-order valence-electron chi connectivity index (χ4n) is 1.44. The van der Waals surface area contributed by atoms with Crippen LogP contribution < -0.4 is 11.1 Å². The third-order valence-corrected chi connectivity index (χ3v) is 3.73. The fourth-order valence-corrected chi connectivity index (χ4v) is 2.41. The van der Waals surface area contributed by atoms with Crippen molar-refractivity contribution in [2.75, 3.05) is 12.3 Å². The van der Waals surface area contributed by atoms with Crippen LogP contribution in [0.15, 0.2) is 33.6 Å². The molecule has 0 saturated carbocycles. The molecule has 0 saturated heterocycles. The van der Waals surface area contributed by atoms with E-state index in [1.807, 2.05) is 5.38 Å². The number of thiazole rings is 1. The van der Waals surface area contributed by atoms with E-state index in [2.05, 4.69) is 26.2 Å². The van der Waals surface area contributed by atoms with E-state index in [4.69, 9.17) is 5.73 Å². The second-order valence-electron chi connectivity index (χ2n) is 3.72. The Morgan fingerprint density at radius 1 is 1.50 bits per heavy atom. The largest absolute Gasteiger partial charge is 0.398 e. The van der Waals surface area contributed by atoms with Crippen LogP contribution in [0.5, 0.6) is 0 Å². The third kappa shape index (κ3) is 3.30. The lowest BCUT2D eigenvalue weighted by Crippen LogP contribution is -2.25. The lowest BCUT2D eigenvalue weighted by atomic mass is 10.2. The summed E-state index contributed by atoms with van der Waals surface area (Å²) in [5.74, 6) is -0.106. The highest BCUT2D eigenvalue weighted by Crippen LogP contribution is 2.20. The SMILES string of the molecule is Nc1ccc(C(=O)NCCc2cscn2)cc1Br. The fraction of sp³-hybridized carbons (Fsp3) is 0.167. The lowest BCUT2D eigenvalue weighted by Gasteiger charge is -2.05. The van der Waals surface area contributed by atoms with Crippen LogP contribution in [0.25, 0.3) is 0 Å². The van der Waals surface area contributed by atoms with Crippen molar-refractivity contribution in [1.29, 1.82) is 0 Å². The maximum Gasteiger partial charge on any atom is 0.251 e. The Morgan fingerprint density at radius 3 is 3.00 bits per heavy atom. The van der Waals surface area contributed by atoms with Gasteiger partial charge in [-0.25, -0.2) is 4.98 Å². The molecule has 1 amide bonds. The van der Waals surface area contributed by atoms with Gasteiger partial charge in [0.25, 0.3) is 5.91 Å². The van der Waals surface area contributed by atoms with E-state index >= 15 is 0 Å². The summed E-state index contributed by atoms with van der Waals surface area (Å²) in [4.78, 5) is 16.0. The Balaban J connectivity index is 1.89. The minimum atomic E-state index is -0.106. The van der Waals surface area contributed by atoms with Crippen molar-refractivity contribution in [3.63, 3.8) is 0 Å².